The molecular weight excluding hydrogens is 344 g/mol. The molecule has 2 aromatic rings. The van der Waals surface area contributed by atoms with Gasteiger partial charge in [0.05, 0.1) is 6.54 Å². The third kappa shape index (κ3) is 3.57. The predicted molar refractivity (Wildman–Crippen MR) is 92.8 cm³/mol. The zero-order valence-corrected chi connectivity index (χ0v) is 15.0. The van der Waals surface area contributed by atoms with Crippen LogP contribution in [0.25, 0.3) is 11.0 Å². The number of aryl methyl sites for hydroxylation is 1. The Balaban J connectivity index is 1.79. The standard InChI is InChI=1S/C19H21F2NO4/c1-11-12(2)18(24)26-16-9-14(5-6-15(11)16)25-13(3)17(23)22-8-4-7-19(20,21)10-22/h5-6,9,13H,4,7-8,10H2,1-3H3. The monoisotopic (exact) mass is 365 g/mol. The SMILES string of the molecule is Cc1c(C)c2ccc(OC(C)C(=O)N3CCCC(F)(F)C3)cc2oc1=O. The lowest BCUT2D eigenvalue weighted by atomic mass is 10.1. The van der Waals surface area contributed by atoms with E-state index in [0.717, 1.165) is 15.8 Å². The highest BCUT2D eigenvalue weighted by Crippen LogP contribution is 2.28. The molecule has 1 atom stereocenters. The molecule has 140 valence electrons. The van der Waals surface area contributed by atoms with Crippen LogP contribution < -0.4 is 10.4 Å². The van der Waals surface area contributed by atoms with E-state index in [2.05, 4.69) is 0 Å². The summed E-state index contributed by atoms with van der Waals surface area (Å²) < 4.78 is 37.9. The van der Waals surface area contributed by atoms with E-state index in [9.17, 15) is 18.4 Å². The van der Waals surface area contributed by atoms with E-state index in [-0.39, 0.29) is 12.8 Å². The Morgan fingerprint density at radius 1 is 1.31 bits per heavy atom. The van der Waals surface area contributed by atoms with Crippen molar-refractivity contribution in [1.29, 1.82) is 0 Å². The maximum atomic E-state index is 13.5. The minimum Gasteiger partial charge on any atom is -0.481 e. The van der Waals surface area contributed by atoms with Crippen LogP contribution in [0.2, 0.25) is 0 Å². The summed E-state index contributed by atoms with van der Waals surface area (Å²) in [5, 5.41) is 0.782. The van der Waals surface area contributed by atoms with Crippen LogP contribution in [-0.2, 0) is 4.79 Å². The summed E-state index contributed by atoms with van der Waals surface area (Å²) in [6.45, 7) is 4.77. The Morgan fingerprint density at radius 2 is 2.04 bits per heavy atom. The van der Waals surface area contributed by atoms with Gasteiger partial charge in [0, 0.05) is 30.0 Å². The summed E-state index contributed by atoms with van der Waals surface area (Å²) in [7, 11) is 0. The van der Waals surface area contributed by atoms with Crippen molar-refractivity contribution >= 4 is 16.9 Å². The Labute approximate surface area is 149 Å². The van der Waals surface area contributed by atoms with Crippen LogP contribution in [0, 0.1) is 13.8 Å². The number of alkyl halides is 2. The van der Waals surface area contributed by atoms with Gasteiger partial charge in [0.2, 0.25) is 0 Å². The molecule has 0 N–H and O–H groups in total. The molecule has 5 nitrogen and oxygen atoms in total. The minimum absolute atomic E-state index is 0.200. The van der Waals surface area contributed by atoms with Gasteiger partial charge in [-0.2, -0.15) is 0 Å². The highest BCUT2D eigenvalue weighted by molar-refractivity contribution is 5.83. The number of fused-ring (bicyclic) bond motifs is 1. The van der Waals surface area contributed by atoms with Crippen molar-refractivity contribution in [2.75, 3.05) is 13.1 Å². The number of rotatable bonds is 3. The summed E-state index contributed by atoms with van der Waals surface area (Å²) in [4.78, 5) is 25.4. The van der Waals surface area contributed by atoms with Gasteiger partial charge >= 0.3 is 5.63 Å². The summed E-state index contributed by atoms with van der Waals surface area (Å²) in [6.07, 6.45) is -0.848. The molecule has 2 heterocycles. The van der Waals surface area contributed by atoms with E-state index in [4.69, 9.17) is 9.15 Å². The number of amides is 1. The van der Waals surface area contributed by atoms with Crippen molar-refractivity contribution < 1.29 is 22.7 Å². The molecule has 1 saturated heterocycles. The number of hydrogen-bond donors (Lipinski definition) is 0. The van der Waals surface area contributed by atoms with Gasteiger partial charge in [-0.1, -0.05) is 0 Å². The second kappa shape index (κ2) is 6.70. The first kappa shape index (κ1) is 18.4. The van der Waals surface area contributed by atoms with E-state index >= 15 is 0 Å². The average Bonchev–Trinajstić information content (AvgIpc) is 2.58. The molecule has 1 fully saturated rings. The van der Waals surface area contributed by atoms with Crippen molar-refractivity contribution in [2.24, 2.45) is 0 Å². The van der Waals surface area contributed by atoms with Crippen LogP contribution in [0.5, 0.6) is 5.75 Å². The van der Waals surface area contributed by atoms with Crippen molar-refractivity contribution in [1.82, 2.24) is 4.90 Å². The number of piperidine rings is 1. The number of likely N-dealkylation sites (tertiary alicyclic amines) is 1. The molecule has 0 radical (unpaired) electrons. The molecule has 1 aromatic carbocycles. The third-order valence-electron chi connectivity index (χ3n) is 4.79. The zero-order valence-electron chi connectivity index (χ0n) is 15.0. The summed E-state index contributed by atoms with van der Waals surface area (Å²) in [5.74, 6) is -2.99. The molecule has 1 aromatic heterocycles. The first-order chi connectivity index (χ1) is 12.2. The lowest BCUT2D eigenvalue weighted by Gasteiger charge is -2.33. The fraction of sp³-hybridized carbons (Fsp3) is 0.474. The average molecular weight is 365 g/mol. The van der Waals surface area contributed by atoms with Crippen LogP contribution >= 0.6 is 0 Å². The number of nitrogens with zero attached hydrogens (tertiary/aromatic N) is 1. The Kier molecular flexibility index (Phi) is 4.73. The number of carbonyl (C=O) groups is 1. The van der Waals surface area contributed by atoms with E-state index < -0.39 is 30.1 Å². The fourth-order valence-corrected chi connectivity index (χ4v) is 3.17. The topological polar surface area (TPSA) is 59.8 Å². The van der Waals surface area contributed by atoms with Gasteiger partial charge in [0.1, 0.15) is 11.3 Å². The highest BCUT2D eigenvalue weighted by atomic mass is 19.3. The normalized spacial score (nSPS) is 18.0. The number of hydrogen-bond acceptors (Lipinski definition) is 4. The van der Waals surface area contributed by atoms with Gasteiger partial charge < -0.3 is 14.1 Å². The minimum atomic E-state index is -2.85. The van der Waals surface area contributed by atoms with Crippen molar-refractivity contribution in [3.05, 3.63) is 39.7 Å². The maximum Gasteiger partial charge on any atom is 0.339 e. The van der Waals surface area contributed by atoms with Crippen molar-refractivity contribution in [3.63, 3.8) is 0 Å². The van der Waals surface area contributed by atoms with Crippen LogP contribution in [0.15, 0.2) is 27.4 Å². The quantitative estimate of drug-likeness (QED) is 0.782. The summed E-state index contributed by atoms with van der Waals surface area (Å²) >= 11 is 0. The van der Waals surface area contributed by atoms with E-state index in [1.54, 1.807) is 19.1 Å². The van der Waals surface area contributed by atoms with E-state index in [1.807, 2.05) is 6.92 Å². The van der Waals surface area contributed by atoms with Gasteiger partial charge in [0.15, 0.2) is 6.10 Å². The highest BCUT2D eigenvalue weighted by Gasteiger charge is 2.38. The number of carbonyl (C=O) groups excluding carboxylic acids is 1. The van der Waals surface area contributed by atoms with Crippen LogP contribution in [0.1, 0.15) is 30.9 Å². The fourth-order valence-electron chi connectivity index (χ4n) is 3.17. The van der Waals surface area contributed by atoms with E-state index in [1.165, 1.54) is 13.0 Å². The Morgan fingerprint density at radius 3 is 2.73 bits per heavy atom. The van der Waals surface area contributed by atoms with Crippen LogP contribution in [0.4, 0.5) is 8.78 Å². The number of ether oxygens (including phenoxy) is 1. The molecule has 1 unspecified atom stereocenters. The van der Waals surface area contributed by atoms with Gasteiger partial charge in [-0.3, -0.25) is 4.79 Å². The molecule has 0 bridgehead atoms. The predicted octanol–water partition coefficient (Wildman–Crippen LogP) is 3.43. The maximum absolute atomic E-state index is 13.5. The van der Waals surface area contributed by atoms with Crippen LogP contribution in [0.3, 0.4) is 0 Å². The smallest absolute Gasteiger partial charge is 0.339 e. The largest absolute Gasteiger partial charge is 0.481 e. The molecule has 1 aliphatic rings. The number of halogens is 2. The lowest BCUT2D eigenvalue weighted by molar-refractivity contribution is -0.148. The first-order valence-corrected chi connectivity index (χ1v) is 8.55. The summed E-state index contributed by atoms with van der Waals surface area (Å²) in [5.41, 5.74) is 1.30. The Hall–Kier alpha value is -2.44. The molecule has 26 heavy (non-hydrogen) atoms. The Bertz CT molecular complexity index is 906. The molecule has 0 saturated carbocycles. The zero-order chi connectivity index (χ0) is 19.1. The molecule has 1 amide bonds. The second-order valence-corrected chi connectivity index (χ2v) is 6.78. The molecule has 0 aliphatic carbocycles. The third-order valence-corrected chi connectivity index (χ3v) is 4.79. The first-order valence-electron chi connectivity index (χ1n) is 8.55. The molecule has 3 rings (SSSR count). The van der Waals surface area contributed by atoms with Gasteiger partial charge in [0.25, 0.3) is 11.8 Å². The van der Waals surface area contributed by atoms with Gasteiger partial charge in [-0.05, 0) is 44.9 Å². The van der Waals surface area contributed by atoms with Gasteiger partial charge in [-0.25, -0.2) is 13.6 Å². The van der Waals surface area contributed by atoms with Crippen molar-refractivity contribution in [2.45, 2.75) is 45.6 Å². The summed E-state index contributed by atoms with van der Waals surface area (Å²) in [6, 6.07) is 4.96. The van der Waals surface area contributed by atoms with Crippen molar-refractivity contribution in [3.8, 4) is 5.75 Å². The number of benzene rings is 1. The molecule has 7 heteroatoms. The second-order valence-electron chi connectivity index (χ2n) is 6.78. The molecule has 0 spiro atoms. The lowest BCUT2D eigenvalue weighted by Crippen LogP contribution is -2.49. The van der Waals surface area contributed by atoms with Gasteiger partial charge in [-0.15, -0.1) is 0 Å². The molecule has 1 aliphatic heterocycles. The molecular formula is C19H21F2NO4. The van der Waals surface area contributed by atoms with Crippen LogP contribution in [-0.4, -0.2) is 35.9 Å². The van der Waals surface area contributed by atoms with E-state index in [0.29, 0.717) is 23.4 Å².